The Hall–Kier alpha value is -2.69. The van der Waals surface area contributed by atoms with Crippen molar-refractivity contribution >= 4 is 0 Å². The first-order valence-electron chi connectivity index (χ1n) is 5.48. The van der Waals surface area contributed by atoms with Crippen LogP contribution in [0, 0.1) is 0 Å². The van der Waals surface area contributed by atoms with E-state index in [1.807, 2.05) is 36.4 Å². The Morgan fingerprint density at radius 1 is 0.889 bits per heavy atom. The lowest BCUT2D eigenvalue weighted by atomic mass is 10.2. The molecule has 0 fully saturated rings. The average Bonchev–Trinajstić information content (AvgIpc) is 2.89. The first kappa shape index (κ1) is 10.5. The van der Waals surface area contributed by atoms with Crippen molar-refractivity contribution in [2.45, 2.75) is 0 Å². The number of rotatable bonds is 2. The third-order valence-corrected chi connectivity index (χ3v) is 2.61. The Bertz CT molecular complexity index is 664. The number of aromatic nitrogens is 4. The Morgan fingerprint density at radius 2 is 1.61 bits per heavy atom. The Balaban J connectivity index is 2.16. The van der Waals surface area contributed by atoms with Crippen LogP contribution in [-0.4, -0.2) is 25.3 Å². The van der Waals surface area contributed by atoms with Crippen LogP contribution in [0.4, 0.5) is 0 Å². The topological polar surface area (TPSA) is 63.8 Å². The van der Waals surface area contributed by atoms with Crippen LogP contribution in [0.5, 0.6) is 5.75 Å². The van der Waals surface area contributed by atoms with Gasteiger partial charge in [0, 0.05) is 5.56 Å². The fourth-order valence-corrected chi connectivity index (χ4v) is 1.76. The molecule has 1 aromatic heterocycles. The van der Waals surface area contributed by atoms with Crippen LogP contribution >= 0.6 is 0 Å². The second-order valence-corrected chi connectivity index (χ2v) is 3.77. The first-order valence-corrected chi connectivity index (χ1v) is 5.48. The van der Waals surface area contributed by atoms with Crippen molar-refractivity contribution in [3.05, 3.63) is 54.6 Å². The predicted octanol–water partition coefficient (Wildman–Crippen LogP) is 2.03. The molecule has 0 saturated heterocycles. The first-order chi connectivity index (χ1) is 8.86. The summed E-state index contributed by atoms with van der Waals surface area (Å²) in [5.41, 5.74) is 1.45. The molecule has 3 rings (SSSR count). The minimum Gasteiger partial charge on any atom is -0.506 e. The van der Waals surface area contributed by atoms with Crippen molar-refractivity contribution in [1.29, 1.82) is 0 Å². The van der Waals surface area contributed by atoms with E-state index in [1.165, 1.54) is 4.68 Å². The van der Waals surface area contributed by atoms with E-state index in [1.54, 1.807) is 18.2 Å². The largest absolute Gasteiger partial charge is 0.506 e. The maximum Gasteiger partial charge on any atom is 0.187 e. The molecule has 0 aliphatic carbocycles. The van der Waals surface area contributed by atoms with E-state index in [0.29, 0.717) is 11.5 Å². The number of para-hydroxylation sites is 2. The maximum absolute atomic E-state index is 9.84. The number of benzene rings is 2. The van der Waals surface area contributed by atoms with Crippen molar-refractivity contribution in [1.82, 2.24) is 20.2 Å². The summed E-state index contributed by atoms with van der Waals surface area (Å²) in [5.74, 6) is 0.735. The van der Waals surface area contributed by atoms with E-state index in [4.69, 9.17) is 0 Å². The van der Waals surface area contributed by atoms with Gasteiger partial charge >= 0.3 is 0 Å². The summed E-state index contributed by atoms with van der Waals surface area (Å²) < 4.78 is 1.52. The van der Waals surface area contributed by atoms with E-state index in [2.05, 4.69) is 15.5 Å². The number of aromatic hydroxyl groups is 1. The molecule has 3 aromatic rings. The van der Waals surface area contributed by atoms with Gasteiger partial charge in [-0.15, -0.1) is 5.10 Å². The molecule has 0 saturated carbocycles. The second kappa shape index (κ2) is 4.29. The highest BCUT2D eigenvalue weighted by molar-refractivity contribution is 5.58. The summed E-state index contributed by atoms with van der Waals surface area (Å²) in [5, 5.41) is 21.4. The smallest absolute Gasteiger partial charge is 0.187 e. The quantitative estimate of drug-likeness (QED) is 0.742. The second-order valence-electron chi connectivity index (χ2n) is 3.77. The minimum absolute atomic E-state index is 0.141. The van der Waals surface area contributed by atoms with Gasteiger partial charge in [-0.25, -0.2) is 0 Å². The number of hydrogen-bond donors (Lipinski definition) is 1. The lowest BCUT2D eigenvalue weighted by molar-refractivity contribution is 0.470. The van der Waals surface area contributed by atoms with Crippen LogP contribution in [0.25, 0.3) is 17.1 Å². The van der Waals surface area contributed by atoms with Crippen molar-refractivity contribution < 1.29 is 5.11 Å². The van der Waals surface area contributed by atoms with E-state index in [9.17, 15) is 5.11 Å². The molecule has 1 N–H and O–H groups in total. The van der Waals surface area contributed by atoms with Gasteiger partial charge in [-0.1, -0.05) is 42.5 Å². The molecule has 1 heterocycles. The van der Waals surface area contributed by atoms with E-state index in [-0.39, 0.29) is 5.75 Å². The molecule has 5 heteroatoms. The van der Waals surface area contributed by atoms with Gasteiger partial charge in [-0.05, 0) is 22.6 Å². The monoisotopic (exact) mass is 238 g/mol. The molecule has 5 nitrogen and oxygen atoms in total. The zero-order chi connectivity index (χ0) is 12.4. The highest BCUT2D eigenvalue weighted by Crippen LogP contribution is 2.24. The summed E-state index contributed by atoms with van der Waals surface area (Å²) in [7, 11) is 0. The molecular formula is C13H10N4O. The van der Waals surface area contributed by atoms with Gasteiger partial charge in [0.05, 0.1) is 0 Å². The van der Waals surface area contributed by atoms with Crippen molar-refractivity contribution in [2.75, 3.05) is 0 Å². The summed E-state index contributed by atoms with van der Waals surface area (Å²) in [6.45, 7) is 0. The number of nitrogens with zero attached hydrogens (tertiary/aromatic N) is 4. The highest BCUT2D eigenvalue weighted by atomic mass is 16.3. The van der Waals surface area contributed by atoms with E-state index >= 15 is 0 Å². The number of phenols is 1. The fraction of sp³-hybridized carbons (Fsp3) is 0. The predicted molar refractivity (Wildman–Crippen MR) is 66.3 cm³/mol. The molecule has 88 valence electrons. The molecule has 0 radical (unpaired) electrons. The van der Waals surface area contributed by atoms with Gasteiger partial charge in [-0.3, -0.25) is 0 Å². The molecule has 0 atom stereocenters. The minimum atomic E-state index is 0.141. The zero-order valence-electron chi connectivity index (χ0n) is 9.43. The van der Waals surface area contributed by atoms with Gasteiger partial charge in [0.25, 0.3) is 0 Å². The third kappa shape index (κ3) is 1.71. The van der Waals surface area contributed by atoms with Crippen molar-refractivity contribution in [3.63, 3.8) is 0 Å². The van der Waals surface area contributed by atoms with Gasteiger partial charge in [-0.2, -0.15) is 4.68 Å². The maximum atomic E-state index is 9.84. The normalized spacial score (nSPS) is 10.4. The van der Waals surface area contributed by atoms with Crippen LogP contribution in [0.1, 0.15) is 0 Å². The van der Waals surface area contributed by atoms with E-state index < -0.39 is 0 Å². The SMILES string of the molecule is Oc1ccccc1-n1nnnc1-c1ccccc1. The third-order valence-electron chi connectivity index (χ3n) is 2.61. The fourth-order valence-electron chi connectivity index (χ4n) is 1.76. The van der Waals surface area contributed by atoms with Crippen molar-refractivity contribution in [3.8, 4) is 22.8 Å². The lowest BCUT2D eigenvalue weighted by Crippen LogP contribution is -1.99. The number of hydrogen-bond acceptors (Lipinski definition) is 4. The lowest BCUT2D eigenvalue weighted by Gasteiger charge is -2.05. The number of tetrazole rings is 1. The molecule has 0 amide bonds. The van der Waals surface area contributed by atoms with Crippen LogP contribution in [0.15, 0.2) is 54.6 Å². The molecule has 0 aliphatic heterocycles. The average molecular weight is 238 g/mol. The highest BCUT2D eigenvalue weighted by Gasteiger charge is 2.12. The summed E-state index contributed by atoms with van der Waals surface area (Å²) in [6, 6.07) is 16.5. The molecule has 0 spiro atoms. The molecular weight excluding hydrogens is 228 g/mol. The Labute approximate surface area is 103 Å². The summed E-state index contributed by atoms with van der Waals surface area (Å²) >= 11 is 0. The van der Waals surface area contributed by atoms with Gasteiger partial charge in [0.15, 0.2) is 5.82 Å². The molecule has 0 unspecified atom stereocenters. The van der Waals surface area contributed by atoms with Crippen LogP contribution in [-0.2, 0) is 0 Å². The standard InChI is InChI=1S/C13H10N4O/c18-12-9-5-4-8-11(12)17-13(14-15-16-17)10-6-2-1-3-7-10/h1-9,18H. The summed E-state index contributed by atoms with van der Waals surface area (Å²) in [4.78, 5) is 0. The van der Waals surface area contributed by atoms with Crippen LogP contribution in [0.3, 0.4) is 0 Å². The van der Waals surface area contributed by atoms with Crippen LogP contribution < -0.4 is 0 Å². The van der Waals surface area contributed by atoms with Crippen molar-refractivity contribution in [2.24, 2.45) is 0 Å². The molecule has 18 heavy (non-hydrogen) atoms. The zero-order valence-corrected chi connectivity index (χ0v) is 9.43. The molecule has 2 aromatic carbocycles. The van der Waals surface area contributed by atoms with E-state index in [0.717, 1.165) is 5.56 Å². The van der Waals surface area contributed by atoms with Gasteiger partial charge in [0.2, 0.25) is 0 Å². The van der Waals surface area contributed by atoms with Gasteiger partial charge < -0.3 is 5.11 Å². The molecule has 0 aliphatic rings. The Kier molecular flexibility index (Phi) is 2.49. The molecule has 0 bridgehead atoms. The van der Waals surface area contributed by atoms with Gasteiger partial charge in [0.1, 0.15) is 11.4 Å². The number of phenolic OH excluding ortho intramolecular Hbond substituents is 1. The van der Waals surface area contributed by atoms with Crippen LogP contribution in [0.2, 0.25) is 0 Å². The Morgan fingerprint density at radius 3 is 2.39 bits per heavy atom. The summed E-state index contributed by atoms with van der Waals surface area (Å²) in [6.07, 6.45) is 0.